The van der Waals surface area contributed by atoms with Gasteiger partial charge in [-0.1, -0.05) is 48.5 Å². The molecular formula is C31H25N5O5. The Morgan fingerprint density at radius 3 is 2.32 bits per heavy atom. The zero-order chi connectivity index (χ0) is 28.2. The van der Waals surface area contributed by atoms with Gasteiger partial charge in [0.1, 0.15) is 17.6 Å². The topological polar surface area (TPSA) is 112 Å². The second kappa shape index (κ2) is 11.3. The number of hydrogen-bond acceptors (Lipinski definition) is 8. The second-order valence-corrected chi connectivity index (χ2v) is 9.20. The minimum absolute atomic E-state index is 0.160. The van der Waals surface area contributed by atoms with Crippen molar-refractivity contribution in [2.75, 3.05) is 13.7 Å². The number of carbonyl (C=O) groups is 2. The van der Waals surface area contributed by atoms with E-state index in [9.17, 15) is 9.59 Å². The first-order chi connectivity index (χ1) is 20.1. The third kappa shape index (κ3) is 5.35. The molecule has 0 bridgehead atoms. The summed E-state index contributed by atoms with van der Waals surface area (Å²) in [4.78, 5) is 30.8. The molecule has 3 heterocycles. The Morgan fingerprint density at radius 2 is 1.63 bits per heavy atom. The summed E-state index contributed by atoms with van der Waals surface area (Å²) in [6, 6.07) is 29.2. The number of ether oxygens (including phenoxy) is 2. The molecule has 2 aromatic heterocycles. The van der Waals surface area contributed by atoms with Crippen molar-refractivity contribution in [2.45, 2.75) is 12.5 Å². The fraction of sp³-hybridized carbons (Fsp3) is 0.129. The smallest absolute Gasteiger partial charge is 0.378 e. The minimum Gasteiger partial charge on any atom is -0.497 e. The molecule has 1 amide bonds. The van der Waals surface area contributed by atoms with Crippen LogP contribution in [0.1, 0.15) is 34.4 Å². The largest absolute Gasteiger partial charge is 0.497 e. The number of rotatable bonds is 8. The summed E-state index contributed by atoms with van der Waals surface area (Å²) in [6.45, 7) is -0.546. The standard InChI is InChI=1S/C31H25N5O5/c1-39-24-16-14-21(15-17-24)25-19-26(27-13-8-18-40-27)36(33-25)28(37)20-41-31(38)29-32-30(22-9-4-2-5-10-22)35(34-29)23-11-6-3-7-12-23/h2-18,26H,19-20H2,1H3/t26-/m1/s1. The molecule has 1 atom stereocenters. The van der Waals surface area contributed by atoms with E-state index in [1.165, 1.54) is 5.01 Å². The maximum Gasteiger partial charge on any atom is 0.378 e. The third-order valence-corrected chi connectivity index (χ3v) is 6.61. The van der Waals surface area contributed by atoms with Gasteiger partial charge in [-0.05, 0) is 54.1 Å². The quantitative estimate of drug-likeness (QED) is 0.249. The molecule has 41 heavy (non-hydrogen) atoms. The molecule has 3 aromatic carbocycles. The molecule has 10 nitrogen and oxygen atoms in total. The summed E-state index contributed by atoms with van der Waals surface area (Å²) in [5.74, 6) is 0.279. The summed E-state index contributed by atoms with van der Waals surface area (Å²) in [7, 11) is 1.60. The fourth-order valence-electron chi connectivity index (χ4n) is 4.58. The van der Waals surface area contributed by atoms with Gasteiger partial charge in [0, 0.05) is 12.0 Å². The highest BCUT2D eigenvalue weighted by Gasteiger charge is 2.35. The summed E-state index contributed by atoms with van der Waals surface area (Å²) in [6.07, 6.45) is 1.98. The zero-order valence-electron chi connectivity index (χ0n) is 22.1. The number of furan rings is 1. The Hall–Kier alpha value is -5.51. The van der Waals surface area contributed by atoms with Gasteiger partial charge in [0.25, 0.3) is 11.7 Å². The van der Waals surface area contributed by atoms with Gasteiger partial charge in [-0.25, -0.2) is 19.5 Å². The highest BCUT2D eigenvalue weighted by molar-refractivity contribution is 6.03. The van der Waals surface area contributed by atoms with Crippen LogP contribution >= 0.6 is 0 Å². The molecule has 0 spiro atoms. The molecule has 10 heteroatoms. The second-order valence-electron chi connectivity index (χ2n) is 9.20. The van der Waals surface area contributed by atoms with Crippen LogP contribution in [0.3, 0.4) is 0 Å². The van der Waals surface area contributed by atoms with Crippen LogP contribution in [0, 0.1) is 0 Å². The van der Waals surface area contributed by atoms with E-state index < -0.39 is 24.5 Å². The molecular weight excluding hydrogens is 522 g/mol. The van der Waals surface area contributed by atoms with Gasteiger partial charge < -0.3 is 13.9 Å². The van der Waals surface area contributed by atoms with Gasteiger partial charge in [-0.2, -0.15) is 5.10 Å². The predicted octanol–water partition coefficient (Wildman–Crippen LogP) is 5.07. The molecule has 0 radical (unpaired) electrons. The summed E-state index contributed by atoms with van der Waals surface area (Å²) in [5, 5.41) is 10.3. The van der Waals surface area contributed by atoms with Gasteiger partial charge in [0.2, 0.25) is 0 Å². The molecule has 0 saturated carbocycles. The van der Waals surface area contributed by atoms with Crippen LogP contribution in [-0.2, 0) is 9.53 Å². The van der Waals surface area contributed by atoms with Crippen molar-refractivity contribution in [3.05, 3.63) is 120 Å². The van der Waals surface area contributed by atoms with Crippen LogP contribution in [-0.4, -0.2) is 51.1 Å². The molecule has 5 aromatic rings. The summed E-state index contributed by atoms with van der Waals surface area (Å²) in [5.41, 5.74) is 3.05. The first kappa shape index (κ1) is 25.8. The number of amides is 1. The predicted molar refractivity (Wildman–Crippen MR) is 150 cm³/mol. The van der Waals surface area contributed by atoms with Crippen LogP contribution in [0.5, 0.6) is 5.75 Å². The number of benzene rings is 3. The van der Waals surface area contributed by atoms with Gasteiger partial charge in [0.05, 0.1) is 24.8 Å². The lowest BCUT2D eigenvalue weighted by atomic mass is 10.0. The van der Waals surface area contributed by atoms with Gasteiger partial charge in [-0.3, -0.25) is 4.79 Å². The highest BCUT2D eigenvalue weighted by atomic mass is 16.5. The SMILES string of the molecule is COc1ccc(C2=NN(C(=O)COC(=O)c3nc(-c4ccccc4)n(-c4ccccc4)n3)[C@@H](c3ccco3)C2)cc1. The monoisotopic (exact) mass is 547 g/mol. The van der Waals surface area contributed by atoms with Crippen LogP contribution < -0.4 is 4.74 Å². The Bertz CT molecular complexity index is 1620. The van der Waals surface area contributed by atoms with Crippen molar-refractivity contribution in [1.29, 1.82) is 0 Å². The molecule has 0 fully saturated rings. The number of hydrogen-bond donors (Lipinski definition) is 0. The molecule has 1 aliphatic rings. The van der Waals surface area contributed by atoms with Crippen LogP contribution in [0.4, 0.5) is 0 Å². The van der Waals surface area contributed by atoms with Gasteiger partial charge >= 0.3 is 5.97 Å². The average Bonchev–Trinajstić information content (AvgIpc) is 3.81. The number of aromatic nitrogens is 3. The summed E-state index contributed by atoms with van der Waals surface area (Å²) < 4.78 is 17.8. The lowest BCUT2D eigenvalue weighted by molar-refractivity contribution is -0.136. The number of methoxy groups -OCH3 is 1. The van der Waals surface area contributed by atoms with Crippen molar-refractivity contribution < 1.29 is 23.5 Å². The van der Waals surface area contributed by atoms with Crippen molar-refractivity contribution in [3.8, 4) is 22.8 Å². The Morgan fingerprint density at radius 1 is 0.902 bits per heavy atom. The maximum atomic E-state index is 13.3. The van der Waals surface area contributed by atoms with E-state index in [4.69, 9.17) is 13.9 Å². The lowest BCUT2D eigenvalue weighted by Crippen LogP contribution is -2.31. The van der Waals surface area contributed by atoms with Crippen LogP contribution in [0.15, 0.2) is 113 Å². The van der Waals surface area contributed by atoms with Crippen molar-refractivity contribution in [1.82, 2.24) is 19.8 Å². The lowest BCUT2D eigenvalue weighted by Gasteiger charge is -2.19. The number of esters is 1. The van der Waals surface area contributed by atoms with E-state index in [2.05, 4.69) is 15.2 Å². The fourth-order valence-corrected chi connectivity index (χ4v) is 4.58. The third-order valence-electron chi connectivity index (χ3n) is 6.61. The molecule has 1 aliphatic heterocycles. The number of nitrogens with zero attached hydrogens (tertiary/aromatic N) is 5. The first-order valence-electron chi connectivity index (χ1n) is 12.9. The van der Waals surface area contributed by atoms with E-state index in [-0.39, 0.29) is 5.82 Å². The van der Waals surface area contributed by atoms with E-state index in [0.717, 1.165) is 16.8 Å². The zero-order valence-corrected chi connectivity index (χ0v) is 22.1. The number of hydrazone groups is 1. The van der Waals surface area contributed by atoms with Crippen molar-refractivity contribution in [3.63, 3.8) is 0 Å². The summed E-state index contributed by atoms with van der Waals surface area (Å²) >= 11 is 0. The normalized spacial score (nSPS) is 14.5. The van der Waals surface area contributed by atoms with Crippen LogP contribution in [0.25, 0.3) is 17.1 Å². The molecule has 0 saturated heterocycles. The van der Waals surface area contributed by atoms with Crippen molar-refractivity contribution >= 4 is 17.6 Å². The number of carbonyl (C=O) groups excluding carboxylic acids is 2. The highest BCUT2D eigenvalue weighted by Crippen LogP contribution is 2.33. The van der Waals surface area contributed by atoms with Gasteiger partial charge in [-0.15, -0.1) is 5.10 Å². The van der Waals surface area contributed by atoms with E-state index in [0.29, 0.717) is 29.5 Å². The van der Waals surface area contributed by atoms with E-state index >= 15 is 0 Å². The molecule has 6 rings (SSSR count). The van der Waals surface area contributed by atoms with E-state index in [1.807, 2.05) is 84.9 Å². The Kier molecular flexibility index (Phi) is 7.10. The van der Waals surface area contributed by atoms with Gasteiger partial charge in [0.15, 0.2) is 12.4 Å². The maximum absolute atomic E-state index is 13.3. The molecule has 0 unspecified atom stereocenters. The average molecular weight is 548 g/mol. The first-order valence-corrected chi connectivity index (χ1v) is 12.9. The molecule has 0 aliphatic carbocycles. The Labute approximate surface area is 235 Å². The minimum atomic E-state index is -0.821. The van der Waals surface area contributed by atoms with Crippen LogP contribution in [0.2, 0.25) is 0 Å². The molecule has 0 N–H and O–H groups in total. The van der Waals surface area contributed by atoms with E-state index in [1.54, 1.807) is 30.2 Å². The van der Waals surface area contributed by atoms with Crippen molar-refractivity contribution in [2.24, 2.45) is 5.10 Å². The molecule has 204 valence electrons. The number of para-hydroxylation sites is 1. The Balaban J connectivity index is 1.22.